The number of benzene rings is 1. The maximum absolute atomic E-state index is 6.28. The quantitative estimate of drug-likeness (QED) is 0.879. The number of nitrogens with one attached hydrogen (secondary N) is 1. The van der Waals surface area contributed by atoms with Crippen molar-refractivity contribution in [2.75, 3.05) is 6.54 Å². The van der Waals surface area contributed by atoms with Gasteiger partial charge in [-0.15, -0.1) is 10.2 Å². The van der Waals surface area contributed by atoms with E-state index in [-0.39, 0.29) is 0 Å². The molecule has 1 aromatic heterocycles. The summed E-state index contributed by atoms with van der Waals surface area (Å²) in [4.78, 5) is 0. The molecule has 0 saturated heterocycles. The number of hydrogen-bond donors (Lipinski definition) is 1. The van der Waals surface area contributed by atoms with Crippen molar-refractivity contribution in [3.8, 4) is 11.4 Å². The molecule has 1 N–H and O–H groups in total. The molecular formula is C11H10BrClN4. The van der Waals surface area contributed by atoms with Crippen molar-refractivity contribution in [1.82, 2.24) is 20.1 Å². The molecule has 17 heavy (non-hydrogen) atoms. The van der Waals surface area contributed by atoms with Gasteiger partial charge in [-0.3, -0.25) is 0 Å². The van der Waals surface area contributed by atoms with Crippen LogP contribution in [-0.4, -0.2) is 21.3 Å². The van der Waals surface area contributed by atoms with E-state index >= 15 is 0 Å². The molecule has 2 aromatic rings. The lowest BCUT2D eigenvalue weighted by molar-refractivity contribution is 0.508. The van der Waals surface area contributed by atoms with E-state index in [0.717, 1.165) is 41.3 Å². The van der Waals surface area contributed by atoms with Gasteiger partial charge in [0.05, 0.1) is 11.6 Å². The zero-order valence-electron chi connectivity index (χ0n) is 8.95. The maximum Gasteiger partial charge on any atom is 0.165 e. The number of hydrogen-bond acceptors (Lipinski definition) is 3. The average Bonchev–Trinajstić information content (AvgIpc) is 2.77. The Balaban J connectivity index is 2.15. The summed E-state index contributed by atoms with van der Waals surface area (Å²) in [5.41, 5.74) is 0.918. The molecule has 88 valence electrons. The molecule has 0 radical (unpaired) electrons. The Morgan fingerprint density at radius 3 is 3.12 bits per heavy atom. The second-order valence-electron chi connectivity index (χ2n) is 3.87. The Morgan fingerprint density at radius 2 is 2.24 bits per heavy atom. The van der Waals surface area contributed by atoms with Gasteiger partial charge in [0, 0.05) is 23.1 Å². The molecule has 0 spiro atoms. The lowest BCUT2D eigenvalue weighted by atomic mass is 10.2. The highest BCUT2D eigenvalue weighted by Crippen LogP contribution is 2.33. The molecule has 2 heterocycles. The predicted molar refractivity (Wildman–Crippen MR) is 69.9 cm³/mol. The summed E-state index contributed by atoms with van der Waals surface area (Å²) in [6, 6.07) is 5.83. The van der Waals surface area contributed by atoms with E-state index < -0.39 is 0 Å². The highest BCUT2D eigenvalue weighted by atomic mass is 79.9. The maximum atomic E-state index is 6.28. The average molecular weight is 314 g/mol. The third kappa shape index (κ3) is 1.88. The van der Waals surface area contributed by atoms with Gasteiger partial charge in [-0.1, -0.05) is 17.7 Å². The fourth-order valence-electron chi connectivity index (χ4n) is 1.97. The summed E-state index contributed by atoms with van der Waals surface area (Å²) in [6.45, 7) is 2.57. The zero-order valence-corrected chi connectivity index (χ0v) is 11.3. The van der Waals surface area contributed by atoms with Crippen molar-refractivity contribution in [3.63, 3.8) is 0 Å². The number of fused-ring (bicyclic) bond motifs is 1. The van der Waals surface area contributed by atoms with Crippen LogP contribution in [0.4, 0.5) is 0 Å². The number of nitrogens with zero attached hydrogens (tertiary/aromatic N) is 3. The van der Waals surface area contributed by atoms with Crippen molar-refractivity contribution in [3.05, 3.63) is 33.5 Å². The fourth-order valence-corrected chi connectivity index (χ4v) is 2.54. The molecule has 0 amide bonds. The van der Waals surface area contributed by atoms with Gasteiger partial charge in [-0.25, -0.2) is 0 Å². The van der Waals surface area contributed by atoms with Gasteiger partial charge in [-0.2, -0.15) is 0 Å². The van der Waals surface area contributed by atoms with Crippen LogP contribution in [0.25, 0.3) is 11.4 Å². The summed E-state index contributed by atoms with van der Waals surface area (Å²) < 4.78 is 2.99. The molecule has 1 aliphatic rings. The van der Waals surface area contributed by atoms with Crippen LogP contribution < -0.4 is 5.32 Å². The second-order valence-corrected chi connectivity index (χ2v) is 5.10. The molecule has 0 aliphatic carbocycles. The van der Waals surface area contributed by atoms with E-state index in [9.17, 15) is 0 Å². The van der Waals surface area contributed by atoms with Gasteiger partial charge in [-0.05, 0) is 28.1 Å². The Bertz CT molecular complexity index is 567. The van der Waals surface area contributed by atoms with E-state index in [2.05, 4.69) is 36.0 Å². The third-order valence-corrected chi connectivity index (χ3v) is 4.11. The van der Waals surface area contributed by atoms with Crippen molar-refractivity contribution in [1.29, 1.82) is 0 Å². The standard InChI is InChI=1S/C11H10BrClN4/c12-8-3-1-2-7(10(8)13)11-16-15-9-6-14-4-5-17(9)11/h1-3,14H,4-6H2. The monoisotopic (exact) mass is 312 g/mol. The first-order valence-electron chi connectivity index (χ1n) is 5.34. The summed E-state index contributed by atoms with van der Waals surface area (Å²) >= 11 is 9.71. The Hall–Kier alpha value is -0.910. The number of aromatic nitrogens is 3. The van der Waals surface area contributed by atoms with Gasteiger partial charge in [0.2, 0.25) is 0 Å². The van der Waals surface area contributed by atoms with E-state index in [4.69, 9.17) is 11.6 Å². The molecule has 6 heteroatoms. The normalized spacial score (nSPS) is 14.7. The first-order valence-corrected chi connectivity index (χ1v) is 6.51. The summed E-state index contributed by atoms with van der Waals surface area (Å²) in [6.07, 6.45) is 0. The molecule has 0 atom stereocenters. The fraction of sp³-hybridized carbons (Fsp3) is 0.273. The van der Waals surface area contributed by atoms with Gasteiger partial charge in [0.25, 0.3) is 0 Å². The van der Waals surface area contributed by atoms with Gasteiger partial charge in [0.1, 0.15) is 5.82 Å². The Morgan fingerprint density at radius 1 is 1.35 bits per heavy atom. The number of rotatable bonds is 1. The highest BCUT2D eigenvalue weighted by molar-refractivity contribution is 9.10. The molecule has 4 nitrogen and oxygen atoms in total. The molecule has 1 aliphatic heterocycles. The van der Waals surface area contributed by atoms with Crippen LogP contribution in [0.3, 0.4) is 0 Å². The molecule has 0 unspecified atom stereocenters. The molecule has 3 rings (SSSR count). The Kier molecular flexibility index (Phi) is 2.90. The van der Waals surface area contributed by atoms with Crippen LogP contribution in [-0.2, 0) is 13.1 Å². The van der Waals surface area contributed by atoms with Crippen LogP contribution in [0, 0.1) is 0 Å². The van der Waals surface area contributed by atoms with E-state index in [1.807, 2.05) is 18.2 Å². The SMILES string of the molecule is Clc1c(Br)cccc1-c1nnc2n1CCNC2. The van der Waals surface area contributed by atoms with Crippen molar-refractivity contribution >= 4 is 27.5 Å². The van der Waals surface area contributed by atoms with Crippen molar-refractivity contribution in [2.45, 2.75) is 13.1 Å². The summed E-state index contributed by atoms with van der Waals surface area (Å²) in [5, 5.41) is 12.4. The first kappa shape index (κ1) is 11.2. The summed E-state index contributed by atoms with van der Waals surface area (Å²) in [7, 11) is 0. The van der Waals surface area contributed by atoms with Gasteiger partial charge in [0.15, 0.2) is 5.82 Å². The minimum Gasteiger partial charge on any atom is -0.309 e. The summed E-state index contributed by atoms with van der Waals surface area (Å²) in [5.74, 6) is 1.80. The topological polar surface area (TPSA) is 42.7 Å². The largest absolute Gasteiger partial charge is 0.309 e. The van der Waals surface area contributed by atoms with E-state index in [1.165, 1.54) is 0 Å². The van der Waals surface area contributed by atoms with Gasteiger partial charge >= 0.3 is 0 Å². The third-order valence-electron chi connectivity index (χ3n) is 2.82. The van der Waals surface area contributed by atoms with Crippen LogP contribution in [0.2, 0.25) is 5.02 Å². The van der Waals surface area contributed by atoms with Crippen LogP contribution in [0.1, 0.15) is 5.82 Å². The minimum atomic E-state index is 0.682. The molecule has 0 fully saturated rings. The van der Waals surface area contributed by atoms with Crippen LogP contribution in [0.15, 0.2) is 22.7 Å². The highest BCUT2D eigenvalue weighted by Gasteiger charge is 2.18. The van der Waals surface area contributed by atoms with E-state index in [1.54, 1.807) is 0 Å². The van der Waals surface area contributed by atoms with E-state index in [0.29, 0.717) is 5.02 Å². The Labute approximate surface area is 112 Å². The van der Waals surface area contributed by atoms with Crippen molar-refractivity contribution < 1.29 is 0 Å². The van der Waals surface area contributed by atoms with Crippen LogP contribution >= 0.6 is 27.5 Å². The smallest absolute Gasteiger partial charge is 0.165 e. The lowest BCUT2D eigenvalue weighted by Gasteiger charge is -2.16. The van der Waals surface area contributed by atoms with Gasteiger partial charge < -0.3 is 9.88 Å². The van der Waals surface area contributed by atoms with Crippen LogP contribution in [0.5, 0.6) is 0 Å². The molecular weight excluding hydrogens is 304 g/mol. The first-order chi connectivity index (χ1) is 8.27. The number of halogens is 2. The predicted octanol–water partition coefficient (Wildman–Crippen LogP) is 2.46. The molecule has 0 bridgehead atoms. The molecule has 1 aromatic carbocycles. The van der Waals surface area contributed by atoms with Crippen molar-refractivity contribution in [2.24, 2.45) is 0 Å². The second kappa shape index (κ2) is 4.40. The molecule has 0 saturated carbocycles. The minimum absolute atomic E-state index is 0.682. The lowest BCUT2D eigenvalue weighted by Crippen LogP contribution is -2.28. The zero-order chi connectivity index (χ0) is 11.8.